The van der Waals surface area contributed by atoms with Crippen LogP contribution in [0.15, 0.2) is 18.5 Å². The summed E-state index contributed by atoms with van der Waals surface area (Å²) in [6.07, 6.45) is 3.91. The first-order valence-electron chi connectivity index (χ1n) is 5.18. The molecule has 0 saturated carbocycles. The van der Waals surface area contributed by atoms with E-state index in [1.54, 1.807) is 12.3 Å². The van der Waals surface area contributed by atoms with Gasteiger partial charge in [0.05, 0.1) is 18.3 Å². The van der Waals surface area contributed by atoms with Crippen molar-refractivity contribution in [2.75, 3.05) is 25.2 Å². The summed E-state index contributed by atoms with van der Waals surface area (Å²) in [4.78, 5) is 16.8. The van der Waals surface area contributed by atoms with E-state index in [1.807, 2.05) is 11.9 Å². The molecule has 86 valence electrons. The molecule has 1 unspecified atom stereocenters. The summed E-state index contributed by atoms with van der Waals surface area (Å²) < 4.78 is 5.30. The minimum absolute atomic E-state index is 0.233. The first-order valence-corrected chi connectivity index (χ1v) is 5.18. The second kappa shape index (κ2) is 4.49. The van der Waals surface area contributed by atoms with Gasteiger partial charge in [-0.3, -0.25) is 4.98 Å². The highest BCUT2D eigenvalue weighted by atomic mass is 16.5. The molecule has 0 bridgehead atoms. The molecule has 5 nitrogen and oxygen atoms in total. The Morgan fingerprint density at radius 2 is 2.50 bits per heavy atom. The number of carboxylic acids is 1. The van der Waals surface area contributed by atoms with E-state index < -0.39 is 5.97 Å². The van der Waals surface area contributed by atoms with Gasteiger partial charge in [0, 0.05) is 26.0 Å². The molecule has 5 heteroatoms. The van der Waals surface area contributed by atoms with E-state index in [1.165, 1.54) is 6.20 Å². The summed E-state index contributed by atoms with van der Waals surface area (Å²) in [5.74, 6) is -0.950. The van der Waals surface area contributed by atoms with Crippen molar-refractivity contribution in [3.8, 4) is 0 Å². The fourth-order valence-electron chi connectivity index (χ4n) is 1.88. The van der Waals surface area contributed by atoms with E-state index in [0.29, 0.717) is 12.3 Å². The lowest BCUT2D eigenvalue weighted by Gasteiger charge is -2.26. The van der Waals surface area contributed by atoms with Gasteiger partial charge in [-0.05, 0) is 12.5 Å². The number of nitrogens with zero attached hydrogens (tertiary/aromatic N) is 2. The van der Waals surface area contributed by atoms with Gasteiger partial charge < -0.3 is 14.7 Å². The fourth-order valence-corrected chi connectivity index (χ4v) is 1.88. The Kier molecular flexibility index (Phi) is 3.05. The zero-order chi connectivity index (χ0) is 11.5. The predicted octanol–water partition coefficient (Wildman–Crippen LogP) is 1.00. The van der Waals surface area contributed by atoms with Crippen LogP contribution in [0.4, 0.5) is 5.69 Å². The van der Waals surface area contributed by atoms with Crippen molar-refractivity contribution in [1.29, 1.82) is 0 Å². The van der Waals surface area contributed by atoms with E-state index in [2.05, 4.69) is 4.98 Å². The summed E-state index contributed by atoms with van der Waals surface area (Å²) in [5.41, 5.74) is 0.926. The van der Waals surface area contributed by atoms with Crippen molar-refractivity contribution in [3.05, 3.63) is 24.0 Å². The van der Waals surface area contributed by atoms with Crippen LogP contribution in [0.3, 0.4) is 0 Å². The summed E-state index contributed by atoms with van der Waals surface area (Å²) in [5, 5.41) is 9.06. The molecular formula is C11H14N2O3. The lowest BCUT2D eigenvalue weighted by Crippen LogP contribution is -2.33. The first kappa shape index (κ1) is 10.9. The van der Waals surface area contributed by atoms with Crippen LogP contribution in [-0.4, -0.2) is 42.4 Å². The average Bonchev–Trinajstić information content (AvgIpc) is 2.81. The van der Waals surface area contributed by atoms with Crippen molar-refractivity contribution >= 4 is 11.7 Å². The second-order valence-corrected chi connectivity index (χ2v) is 3.83. The molecule has 1 atom stereocenters. The molecule has 0 radical (unpaired) electrons. The molecule has 0 amide bonds. The summed E-state index contributed by atoms with van der Waals surface area (Å²) >= 11 is 0. The van der Waals surface area contributed by atoms with Crippen molar-refractivity contribution in [3.63, 3.8) is 0 Å². The summed E-state index contributed by atoms with van der Waals surface area (Å²) in [6.45, 7) is 1.39. The normalized spacial score (nSPS) is 19.7. The van der Waals surface area contributed by atoms with Crippen LogP contribution in [0.5, 0.6) is 0 Å². The number of aromatic carboxylic acids is 1. The number of carbonyl (C=O) groups is 1. The number of ether oxygens (including phenoxy) is 1. The standard InChI is InChI=1S/C11H14N2O3/c1-13(8-3-5-16-7-8)10-2-4-12-6-9(10)11(14)15/h2,4,6,8H,3,5,7H2,1H3,(H,14,15). The average molecular weight is 222 g/mol. The lowest BCUT2D eigenvalue weighted by molar-refractivity contribution is 0.0697. The van der Waals surface area contributed by atoms with Gasteiger partial charge in [-0.1, -0.05) is 0 Å². The maximum absolute atomic E-state index is 11.0. The molecule has 1 saturated heterocycles. The van der Waals surface area contributed by atoms with Crippen LogP contribution >= 0.6 is 0 Å². The first-order chi connectivity index (χ1) is 7.70. The molecule has 2 rings (SSSR count). The van der Waals surface area contributed by atoms with Crippen LogP contribution in [0, 0.1) is 0 Å². The molecule has 2 heterocycles. The summed E-state index contributed by atoms with van der Waals surface area (Å²) in [7, 11) is 1.89. The molecule has 1 aliphatic heterocycles. The van der Waals surface area contributed by atoms with Crippen molar-refractivity contribution in [2.45, 2.75) is 12.5 Å². The highest BCUT2D eigenvalue weighted by Gasteiger charge is 2.23. The Balaban J connectivity index is 2.27. The maximum atomic E-state index is 11.0. The van der Waals surface area contributed by atoms with Gasteiger partial charge in [-0.15, -0.1) is 0 Å². The number of likely N-dealkylation sites (N-methyl/N-ethyl adjacent to an activating group) is 1. The van der Waals surface area contributed by atoms with E-state index in [4.69, 9.17) is 9.84 Å². The van der Waals surface area contributed by atoms with Crippen LogP contribution in [0.2, 0.25) is 0 Å². The molecule has 1 aromatic rings. The SMILES string of the molecule is CN(c1ccncc1C(=O)O)C1CCOC1. The third kappa shape index (κ3) is 1.99. The van der Waals surface area contributed by atoms with Gasteiger partial charge >= 0.3 is 5.97 Å². The van der Waals surface area contributed by atoms with Gasteiger partial charge in [0.2, 0.25) is 0 Å². The Hall–Kier alpha value is -1.62. The molecule has 16 heavy (non-hydrogen) atoms. The van der Waals surface area contributed by atoms with Crippen LogP contribution in [0.25, 0.3) is 0 Å². The number of pyridine rings is 1. The zero-order valence-corrected chi connectivity index (χ0v) is 9.09. The number of carboxylic acid groups (broad SMARTS) is 1. The largest absolute Gasteiger partial charge is 0.478 e. The third-order valence-electron chi connectivity index (χ3n) is 2.86. The Bertz CT molecular complexity index is 389. The van der Waals surface area contributed by atoms with Gasteiger partial charge in [-0.25, -0.2) is 4.79 Å². The zero-order valence-electron chi connectivity index (χ0n) is 9.09. The monoisotopic (exact) mass is 222 g/mol. The molecule has 0 aliphatic carbocycles. The molecule has 1 aliphatic rings. The number of rotatable bonds is 3. The summed E-state index contributed by atoms with van der Waals surface area (Å²) in [6, 6.07) is 1.97. The molecule has 1 N–H and O–H groups in total. The Morgan fingerprint density at radius 3 is 3.12 bits per heavy atom. The van der Waals surface area contributed by atoms with Crippen LogP contribution in [0.1, 0.15) is 16.8 Å². The quantitative estimate of drug-likeness (QED) is 0.826. The van der Waals surface area contributed by atoms with E-state index in [0.717, 1.165) is 13.0 Å². The molecule has 0 spiro atoms. The molecule has 0 aromatic carbocycles. The van der Waals surface area contributed by atoms with Crippen molar-refractivity contribution < 1.29 is 14.6 Å². The van der Waals surface area contributed by atoms with Gasteiger partial charge in [0.1, 0.15) is 5.56 Å². The van der Waals surface area contributed by atoms with Crippen LogP contribution in [-0.2, 0) is 4.74 Å². The number of hydrogen-bond donors (Lipinski definition) is 1. The minimum atomic E-state index is -0.950. The highest BCUT2D eigenvalue weighted by molar-refractivity contribution is 5.94. The predicted molar refractivity (Wildman–Crippen MR) is 58.8 cm³/mol. The van der Waals surface area contributed by atoms with E-state index in [-0.39, 0.29) is 11.6 Å². The number of anilines is 1. The third-order valence-corrected chi connectivity index (χ3v) is 2.86. The van der Waals surface area contributed by atoms with E-state index in [9.17, 15) is 4.79 Å². The van der Waals surface area contributed by atoms with E-state index >= 15 is 0 Å². The lowest BCUT2D eigenvalue weighted by atomic mass is 10.1. The Labute approximate surface area is 93.7 Å². The second-order valence-electron chi connectivity index (χ2n) is 3.83. The van der Waals surface area contributed by atoms with Gasteiger partial charge in [-0.2, -0.15) is 0 Å². The fraction of sp³-hybridized carbons (Fsp3) is 0.455. The smallest absolute Gasteiger partial charge is 0.339 e. The van der Waals surface area contributed by atoms with Gasteiger partial charge in [0.15, 0.2) is 0 Å². The number of hydrogen-bond acceptors (Lipinski definition) is 4. The van der Waals surface area contributed by atoms with Gasteiger partial charge in [0.25, 0.3) is 0 Å². The van der Waals surface area contributed by atoms with Crippen LogP contribution < -0.4 is 4.90 Å². The molecular weight excluding hydrogens is 208 g/mol. The highest BCUT2D eigenvalue weighted by Crippen LogP contribution is 2.23. The maximum Gasteiger partial charge on any atom is 0.339 e. The minimum Gasteiger partial charge on any atom is -0.478 e. The number of aromatic nitrogens is 1. The molecule has 1 fully saturated rings. The molecule has 1 aromatic heterocycles. The van der Waals surface area contributed by atoms with Crippen molar-refractivity contribution in [2.24, 2.45) is 0 Å². The topological polar surface area (TPSA) is 62.7 Å². The Morgan fingerprint density at radius 1 is 1.69 bits per heavy atom. The van der Waals surface area contributed by atoms with Crippen molar-refractivity contribution in [1.82, 2.24) is 4.98 Å².